The molecule has 0 radical (unpaired) electrons. The summed E-state index contributed by atoms with van der Waals surface area (Å²) in [6, 6.07) is 7.39. The van der Waals surface area contributed by atoms with Crippen LogP contribution in [0.25, 0.3) is 0 Å². The fourth-order valence-corrected chi connectivity index (χ4v) is 5.51. The third-order valence-corrected chi connectivity index (χ3v) is 6.91. The Kier molecular flexibility index (Phi) is 5.09. The number of hydrogen-bond acceptors (Lipinski definition) is 4. The zero-order valence-electron chi connectivity index (χ0n) is 17.0. The van der Waals surface area contributed by atoms with E-state index in [1.807, 2.05) is 39.0 Å². The first-order valence-electron chi connectivity index (χ1n) is 9.42. The van der Waals surface area contributed by atoms with Crippen LogP contribution in [0.4, 0.5) is 4.20 Å². The molecule has 1 saturated heterocycles. The second-order valence-electron chi connectivity index (χ2n) is 9.57. The lowest BCUT2D eigenvalue weighted by Crippen LogP contribution is -2.71. The van der Waals surface area contributed by atoms with Gasteiger partial charge in [0.1, 0.15) is 5.75 Å². The van der Waals surface area contributed by atoms with E-state index in [1.165, 1.54) is 0 Å². The third kappa shape index (κ3) is 3.61. The zero-order valence-corrected chi connectivity index (χ0v) is 17.9. The Morgan fingerprint density at radius 2 is 1.58 bits per heavy atom. The molecule has 2 aliphatic heterocycles. The normalized spacial score (nSPS) is 26.5. The number of halogens is 1. The van der Waals surface area contributed by atoms with Gasteiger partial charge in [0.25, 0.3) is 0 Å². The standard InChI is InChI=1S/C19H31BFN2O2P/c1-17(2,3)23-20(22-18(4,5)13-10-14-19(22,6)7)24-15-11-8-9-12-16(15)25-26(23)21/h8-9,11-12H,10,13-14H2,1-7H3. The molecule has 26 heavy (non-hydrogen) atoms. The van der Waals surface area contributed by atoms with E-state index in [4.69, 9.17) is 9.18 Å². The number of piperidine rings is 1. The molecule has 1 fully saturated rings. The summed E-state index contributed by atoms with van der Waals surface area (Å²) in [5, 5.41) is 0. The Bertz CT molecular complexity index is 649. The minimum absolute atomic E-state index is 0.106. The first kappa shape index (κ1) is 19.9. The Morgan fingerprint density at radius 1 is 1.04 bits per heavy atom. The van der Waals surface area contributed by atoms with Gasteiger partial charge in [-0.25, -0.2) is 4.58 Å². The zero-order chi connectivity index (χ0) is 19.3. The highest BCUT2D eigenvalue weighted by Gasteiger charge is 2.57. The molecule has 0 N–H and O–H groups in total. The molecule has 4 nitrogen and oxygen atoms in total. The van der Waals surface area contributed by atoms with Crippen LogP contribution < -0.4 is 9.18 Å². The largest absolute Gasteiger partial charge is 0.558 e. The summed E-state index contributed by atoms with van der Waals surface area (Å²) >= 11 is 0. The monoisotopic (exact) mass is 380 g/mol. The van der Waals surface area contributed by atoms with Crippen molar-refractivity contribution in [3.05, 3.63) is 24.3 Å². The van der Waals surface area contributed by atoms with Crippen LogP contribution >= 0.6 is 8.61 Å². The van der Waals surface area contributed by atoms with Gasteiger partial charge in [0.15, 0.2) is 5.75 Å². The SMILES string of the molecule is CC(C)(C)N1B(N2C(C)(C)CCCC2(C)C)Oc2ccccc2OP1F. The molecule has 1 aromatic rings. The van der Waals surface area contributed by atoms with Crippen LogP contribution in [0.3, 0.4) is 0 Å². The van der Waals surface area contributed by atoms with Crippen molar-refractivity contribution in [3.8, 4) is 11.5 Å². The lowest BCUT2D eigenvalue weighted by molar-refractivity contribution is 0.0252. The van der Waals surface area contributed by atoms with Crippen LogP contribution in [0.1, 0.15) is 67.7 Å². The molecule has 2 aliphatic rings. The molecular weight excluding hydrogens is 349 g/mol. The van der Waals surface area contributed by atoms with Crippen molar-refractivity contribution in [3.63, 3.8) is 0 Å². The van der Waals surface area contributed by atoms with E-state index < -0.39 is 21.3 Å². The van der Waals surface area contributed by atoms with Crippen molar-refractivity contribution in [1.82, 2.24) is 9.39 Å². The molecule has 0 amide bonds. The van der Waals surface area contributed by atoms with Gasteiger partial charge in [0.2, 0.25) is 0 Å². The number of hydrogen-bond donors (Lipinski definition) is 0. The van der Waals surface area contributed by atoms with Crippen molar-refractivity contribution >= 4 is 15.8 Å². The Hall–Kier alpha value is -0.835. The van der Waals surface area contributed by atoms with Crippen LogP contribution in [0.15, 0.2) is 24.3 Å². The molecule has 1 aromatic carbocycles. The average molecular weight is 380 g/mol. The van der Waals surface area contributed by atoms with Gasteiger partial charge in [0, 0.05) is 16.6 Å². The Balaban J connectivity index is 2.13. The highest BCUT2D eigenvalue weighted by atomic mass is 31.2. The maximum atomic E-state index is 15.5. The minimum Gasteiger partial charge on any atom is -0.530 e. The number of benzene rings is 1. The highest BCUT2D eigenvalue weighted by molar-refractivity contribution is 7.46. The molecule has 2 heterocycles. The lowest BCUT2D eigenvalue weighted by atomic mass is 9.71. The molecule has 0 spiro atoms. The van der Waals surface area contributed by atoms with E-state index in [9.17, 15) is 0 Å². The van der Waals surface area contributed by atoms with Crippen LogP contribution in [0.2, 0.25) is 0 Å². The fourth-order valence-electron chi connectivity index (χ4n) is 4.33. The van der Waals surface area contributed by atoms with Gasteiger partial charge in [0.05, 0.1) is 0 Å². The summed E-state index contributed by atoms with van der Waals surface area (Å²) in [6.45, 7) is 15.0. The first-order valence-corrected chi connectivity index (χ1v) is 10.5. The molecule has 0 aliphatic carbocycles. The van der Waals surface area contributed by atoms with E-state index in [1.54, 1.807) is 10.6 Å². The van der Waals surface area contributed by atoms with E-state index in [2.05, 4.69) is 32.5 Å². The number of fused-ring (bicyclic) bond motifs is 1. The summed E-state index contributed by atoms with van der Waals surface area (Å²) in [4.78, 5) is 2.36. The maximum Gasteiger partial charge on any atom is 0.558 e. The Morgan fingerprint density at radius 3 is 2.12 bits per heavy atom. The summed E-state index contributed by atoms with van der Waals surface area (Å²) in [6.07, 6.45) is 3.28. The molecule has 7 heteroatoms. The van der Waals surface area contributed by atoms with Gasteiger partial charge in [-0.3, -0.25) is 4.81 Å². The van der Waals surface area contributed by atoms with Crippen LogP contribution in [-0.4, -0.2) is 33.2 Å². The second-order valence-corrected chi connectivity index (χ2v) is 10.6. The van der Waals surface area contributed by atoms with E-state index in [-0.39, 0.29) is 11.1 Å². The maximum absolute atomic E-state index is 15.5. The summed E-state index contributed by atoms with van der Waals surface area (Å²) in [5.74, 6) is 1.08. The molecule has 0 bridgehead atoms. The molecular formula is C19H31BFN2O2P. The van der Waals surface area contributed by atoms with E-state index in [0.29, 0.717) is 11.5 Å². The van der Waals surface area contributed by atoms with Crippen molar-refractivity contribution in [2.24, 2.45) is 0 Å². The van der Waals surface area contributed by atoms with Crippen LogP contribution in [-0.2, 0) is 0 Å². The second kappa shape index (κ2) is 6.65. The molecule has 144 valence electrons. The van der Waals surface area contributed by atoms with E-state index >= 15 is 4.20 Å². The van der Waals surface area contributed by atoms with Gasteiger partial charge < -0.3 is 9.18 Å². The average Bonchev–Trinajstić information content (AvgIpc) is 2.59. The molecule has 1 atom stereocenters. The van der Waals surface area contributed by atoms with Gasteiger partial charge in [-0.1, -0.05) is 12.1 Å². The van der Waals surface area contributed by atoms with Crippen molar-refractivity contribution in [2.45, 2.75) is 84.3 Å². The number of para-hydroxylation sites is 2. The first-order chi connectivity index (χ1) is 11.9. The van der Waals surface area contributed by atoms with Gasteiger partial charge in [-0.2, -0.15) is 4.20 Å². The van der Waals surface area contributed by atoms with Crippen LogP contribution in [0, 0.1) is 0 Å². The summed E-state index contributed by atoms with van der Waals surface area (Å²) in [7, 11) is -2.86. The lowest BCUT2D eigenvalue weighted by Gasteiger charge is -2.56. The van der Waals surface area contributed by atoms with Crippen LogP contribution in [0.5, 0.6) is 11.5 Å². The molecule has 0 aromatic heterocycles. The number of nitrogens with zero attached hydrogens (tertiary/aromatic N) is 2. The summed E-state index contributed by atoms with van der Waals surface area (Å²) in [5.41, 5.74) is -0.659. The van der Waals surface area contributed by atoms with Gasteiger partial charge in [-0.05, 0) is 79.9 Å². The highest BCUT2D eigenvalue weighted by Crippen LogP contribution is 2.55. The quantitative estimate of drug-likeness (QED) is 0.455. The van der Waals surface area contributed by atoms with Crippen molar-refractivity contribution in [2.75, 3.05) is 0 Å². The van der Waals surface area contributed by atoms with Crippen molar-refractivity contribution in [1.29, 1.82) is 0 Å². The van der Waals surface area contributed by atoms with Crippen molar-refractivity contribution < 1.29 is 13.4 Å². The minimum atomic E-state index is -2.34. The predicted molar refractivity (Wildman–Crippen MR) is 107 cm³/mol. The number of rotatable bonds is 1. The predicted octanol–water partition coefficient (Wildman–Crippen LogP) is 5.78. The topological polar surface area (TPSA) is 24.9 Å². The molecule has 3 rings (SSSR count). The van der Waals surface area contributed by atoms with E-state index in [0.717, 1.165) is 19.3 Å². The molecule has 0 saturated carbocycles. The summed E-state index contributed by atoms with van der Waals surface area (Å²) < 4.78 is 29.4. The smallest absolute Gasteiger partial charge is 0.530 e. The van der Waals surface area contributed by atoms with Gasteiger partial charge >= 0.3 is 15.8 Å². The third-order valence-electron chi connectivity index (χ3n) is 5.42. The Labute approximate surface area is 159 Å². The fraction of sp³-hybridized carbons (Fsp3) is 0.684. The molecule has 1 unspecified atom stereocenters. The van der Waals surface area contributed by atoms with Gasteiger partial charge in [-0.15, -0.1) is 0 Å².